The Morgan fingerprint density at radius 1 is 1.38 bits per heavy atom. The molecule has 1 aliphatic rings. The number of rotatable bonds is 4. The Kier molecular flexibility index (Phi) is 3.36. The van der Waals surface area contributed by atoms with Crippen molar-refractivity contribution >= 4 is 0 Å². The van der Waals surface area contributed by atoms with Gasteiger partial charge >= 0.3 is 0 Å². The Bertz CT molecular complexity index is 156. The highest BCUT2D eigenvalue weighted by Crippen LogP contribution is 2.38. The van der Waals surface area contributed by atoms with Crippen molar-refractivity contribution in [3.63, 3.8) is 0 Å². The van der Waals surface area contributed by atoms with E-state index in [0.717, 1.165) is 11.8 Å². The maximum absolute atomic E-state index is 5.56. The van der Waals surface area contributed by atoms with E-state index < -0.39 is 0 Å². The van der Waals surface area contributed by atoms with Gasteiger partial charge in [-0.3, -0.25) is 11.3 Å². The third kappa shape index (κ3) is 3.28. The van der Waals surface area contributed by atoms with E-state index in [9.17, 15) is 0 Å². The SMILES string of the molecule is CC(CC(NN)C1CC1)C(C)(C)C. The molecule has 0 aromatic rings. The first-order chi connectivity index (χ1) is 5.95. The third-order valence-corrected chi connectivity index (χ3v) is 3.49. The second kappa shape index (κ2) is 3.97. The molecule has 0 aliphatic heterocycles. The molecule has 0 radical (unpaired) electrons. The van der Waals surface area contributed by atoms with Gasteiger partial charge < -0.3 is 0 Å². The summed E-state index contributed by atoms with van der Waals surface area (Å²) < 4.78 is 0. The molecule has 0 aromatic heterocycles. The van der Waals surface area contributed by atoms with Crippen LogP contribution in [-0.4, -0.2) is 6.04 Å². The molecule has 2 unspecified atom stereocenters. The summed E-state index contributed by atoms with van der Waals surface area (Å²) >= 11 is 0. The molecule has 0 heterocycles. The topological polar surface area (TPSA) is 38.0 Å². The molecule has 0 saturated heterocycles. The van der Waals surface area contributed by atoms with Crippen molar-refractivity contribution in [1.29, 1.82) is 0 Å². The Balaban J connectivity index is 2.36. The van der Waals surface area contributed by atoms with Gasteiger partial charge in [-0.25, -0.2) is 0 Å². The maximum Gasteiger partial charge on any atom is 0.0241 e. The Morgan fingerprint density at radius 2 is 1.92 bits per heavy atom. The number of hydrogen-bond acceptors (Lipinski definition) is 2. The quantitative estimate of drug-likeness (QED) is 0.520. The molecular weight excluding hydrogens is 160 g/mol. The lowest BCUT2D eigenvalue weighted by Crippen LogP contribution is -2.39. The predicted octanol–water partition coefficient (Wildman–Crippen LogP) is 2.30. The lowest BCUT2D eigenvalue weighted by molar-refractivity contribution is 0.215. The van der Waals surface area contributed by atoms with Gasteiger partial charge in [0.05, 0.1) is 0 Å². The summed E-state index contributed by atoms with van der Waals surface area (Å²) in [5, 5.41) is 0. The smallest absolute Gasteiger partial charge is 0.0241 e. The van der Waals surface area contributed by atoms with Crippen molar-refractivity contribution in [3.8, 4) is 0 Å². The van der Waals surface area contributed by atoms with Crippen molar-refractivity contribution in [2.24, 2.45) is 23.1 Å². The van der Waals surface area contributed by atoms with Crippen molar-refractivity contribution < 1.29 is 0 Å². The van der Waals surface area contributed by atoms with Crippen LogP contribution in [0, 0.1) is 17.3 Å². The van der Waals surface area contributed by atoms with Crippen LogP contribution in [-0.2, 0) is 0 Å². The van der Waals surface area contributed by atoms with Crippen LogP contribution in [0.5, 0.6) is 0 Å². The summed E-state index contributed by atoms with van der Waals surface area (Å²) in [5.74, 6) is 7.14. The fourth-order valence-corrected chi connectivity index (χ4v) is 1.63. The molecule has 0 aromatic carbocycles. The Morgan fingerprint density at radius 3 is 2.23 bits per heavy atom. The van der Waals surface area contributed by atoms with E-state index in [1.54, 1.807) is 0 Å². The van der Waals surface area contributed by atoms with E-state index in [2.05, 4.69) is 33.1 Å². The van der Waals surface area contributed by atoms with E-state index in [1.165, 1.54) is 19.3 Å². The largest absolute Gasteiger partial charge is 0.271 e. The van der Waals surface area contributed by atoms with Crippen molar-refractivity contribution in [1.82, 2.24) is 5.43 Å². The van der Waals surface area contributed by atoms with E-state index in [4.69, 9.17) is 5.84 Å². The van der Waals surface area contributed by atoms with E-state index in [-0.39, 0.29) is 0 Å². The number of hydrogen-bond donors (Lipinski definition) is 2. The van der Waals surface area contributed by atoms with E-state index in [0.29, 0.717) is 11.5 Å². The molecule has 2 nitrogen and oxygen atoms in total. The van der Waals surface area contributed by atoms with Gasteiger partial charge in [0.25, 0.3) is 0 Å². The van der Waals surface area contributed by atoms with Crippen molar-refractivity contribution in [2.45, 2.75) is 53.0 Å². The van der Waals surface area contributed by atoms with Crippen molar-refractivity contribution in [3.05, 3.63) is 0 Å². The Labute approximate surface area is 82.2 Å². The van der Waals surface area contributed by atoms with Crippen LogP contribution in [0.2, 0.25) is 0 Å². The molecule has 13 heavy (non-hydrogen) atoms. The summed E-state index contributed by atoms with van der Waals surface area (Å²) in [7, 11) is 0. The summed E-state index contributed by atoms with van der Waals surface area (Å²) in [6.45, 7) is 9.24. The zero-order valence-corrected chi connectivity index (χ0v) is 9.43. The monoisotopic (exact) mass is 184 g/mol. The molecule has 1 aliphatic carbocycles. The highest BCUT2D eigenvalue weighted by molar-refractivity contribution is 4.87. The highest BCUT2D eigenvalue weighted by atomic mass is 15.2. The average molecular weight is 184 g/mol. The molecule has 2 heteroatoms. The third-order valence-electron chi connectivity index (χ3n) is 3.49. The minimum Gasteiger partial charge on any atom is -0.271 e. The van der Waals surface area contributed by atoms with Gasteiger partial charge in [0.2, 0.25) is 0 Å². The minimum absolute atomic E-state index is 0.407. The lowest BCUT2D eigenvalue weighted by Gasteiger charge is -2.30. The summed E-state index contributed by atoms with van der Waals surface area (Å²) in [5.41, 5.74) is 3.37. The van der Waals surface area contributed by atoms with Gasteiger partial charge in [0.1, 0.15) is 0 Å². The molecular formula is C11H24N2. The molecule has 3 N–H and O–H groups in total. The molecule has 0 amide bonds. The van der Waals surface area contributed by atoms with Gasteiger partial charge in [0, 0.05) is 6.04 Å². The molecule has 2 atom stereocenters. The van der Waals surface area contributed by atoms with Gasteiger partial charge in [-0.05, 0) is 36.5 Å². The van der Waals surface area contributed by atoms with Gasteiger partial charge in [-0.1, -0.05) is 27.7 Å². The second-order valence-corrected chi connectivity index (χ2v) is 5.61. The van der Waals surface area contributed by atoms with Crippen LogP contribution >= 0.6 is 0 Å². The zero-order chi connectivity index (χ0) is 10.1. The lowest BCUT2D eigenvalue weighted by atomic mass is 9.78. The van der Waals surface area contributed by atoms with Crippen LogP contribution in [0.4, 0.5) is 0 Å². The van der Waals surface area contributed by atoms with Crippen LogP contribution in [0.3, 0.4) is 0 Å². The minimum atomic E-state index is 0.407. The Hall–Kier alpha value is -0.0800. The standard InChI is InChI=1S/C11H24N2/c1-8(11(2,3)4)7-10(13-12)9-5-6-9/h8-10,13H,5-7,12H2,1-4H3. The molecule has 78 valence electrons. The van der Waals surface area contributed by atoms with E-state index in [1.807, 2.05) is 0 Å². The van der Waals surface area contributed by atoms with Crippen LogP contribution in [0.25, 0.3) is 0 Å². The zero-order valence-electron chi connectivity index (χ0n) is 9.43. The fourth-order valence-electron chi connectivity index (χ4n) is 1.63. The van der Waals surface area contributed by atoms with Crippen LogP contribution < -0.4 is 11.3 Å². The molecule has 1 fully saturated rings. The summed E-state index contributed by atoms with van der Waals surface area (Å²) in [6.07, 6.45) is 3.95. The normalized spacial score (nSPS) is 22.8. The predicted molar refractivity (Wildman–Crippen MR) is 57.1 cm³/mol. The van der Waals surface area contributed by atoms with E-state index >= 15 is 0 Å². The summed E-state index contributed by atoms with van der Waals surface area (Å²) in [6, 6.07) is 0.550. The molecule has 1 saturated carbocycles. The first-order valence-electron chi connectivity index (χ1n) is 5.41. The summed E-state index contributed by atoms with van der Waals surface area (Å²) in [4.78, 5) is 0. The highest BCUT2D eigenvalue weighted by Gasteiger charge is 2.33. The van der Waals surface area contributed by atoms with Gasteiger partial charge in [-0.2, -0.15) is 0 Å². The van der Waals surface area contributed by atoms with Gasteiger partial charge in [0.15, 0.2) is 0 Å². The van der Waals surface area contributed by atoms with Gasteiger partial charge in [-0.15, -0.1) is 0 Å². The molecule has 0 spiro atoms. The fraction of sp³-hybridized carbons (Fsp3) is 1.00. The first-order valence-corrected chi connectivity index (χ1v) is 5.41. The second-order valence-electron chi connectivity index (χ2n) is 5.61. The number of nitrogens with two attached hydrogens (primary N) is 1. The number of nitrogens with one attached hydrogen (secondary N) is 1. The number of hydrazine groups is 1. The van der Waals surface area contributed by atoms with Crippen LogP contribution in [0.15, 0.2) is 0 Å². The first kappa shape index (κ1) is 11.0. The molecule has 0 bridgehead atoms. The van der Waals surface area contributed by atoms with Crippen LogP contribution in [0.1, 0.15) is 47.0 Å². The molecule has 1 rings (SSSR count). The maximum atomic E-state index is 5.56. The average Bonchev–Trinajstić information content (AvgIpc) is 2.80. The van der Waals surface area contributed by atoms with Crippen molar-refractivity contribution in [2.75, 3.05) is 0 Å².